The number of esters is 3. The van der Waals surface area contributed by atoms with Crippen LogP contribution in [0.5, 0.6) is 0 Å². The molecule has 584 valence electrons. The van der Waals surface area contributed by atoms with E-state index in [1.165, 1.54) is 12.7 Å². The molecule has 0 aliphatic carbocycles. The second kappa shape index (κ2) is 37.9. The molecule has 4 N–H and O–H groups in total. The second-order valence-electron chi connectivity index (χ2n) is 27.6. The largest absolute Gasteiger partial charge is 0.462 e. The minimum atomic E-state index is -0.599. The number of carbonyl (C=O) groups excluding carboxylic acids is 4. The number of nitrogens with zero attached hydrogens (tertiary/aromatic N) is 14. The molecule has 5 atom stereocenters. The van der Waals surface area contributed by atoms with E-state index in [-0.39, 0.29) is 42.4 Å². The number of aromatic nitrogens is 14. The summed E-state index contributed by atoms with van der Waals surface area (Å²) >= 11 is 5.94. The van der Waals surface area contributed by atoms with Gasteiger partial charge >= 0.3 is 24.0 Å². The molecular weight excluding hydrogens is 1450 g/mol. The monoisotopic (exact) mass is 1550 g/mol. The van der Waals surface area contributed by atoms with Gasteiger partial charge < -0.3 is 44.8 Å². The SMILES string of the molecule is CCOC(=O)c1ccc(-c2nc([C@@H](N)CC)nc3ccccc23)cc1.CCOC(=O)c1ccc(-c2nc([C@H](CC)NC(=O)OC(C)(C)C)nc3ccccc23)cc1.CCOC(=O)c1ccc(-c2nc([C@H](CC)Nc3ncnc4c3ncn4C3CCCCO3)nc3ccccc23)cc1.Clc1ncnc2c1ncn2C1CCCCO1. The molecule has 13 aromatic rings. The number of imidazole rings is 2. The Kier molecular flexibility index (Phi) is 27.0. The predicted molar refractivity (Wildman–Crippen MR) is 432 cm³/mol. The second-order valence-corrected chi connectivity index (χ2v) is 28.0. The molecule has 0 spiro atoms. The van der Waals surface area contributed by atoms with Crippen LogP contribution in [0.1, 0.15) is 199 Å². The van der Waals surface area contributed by atoms with Gasteiger partial charge in [-0.25, -0.2) is 79.0 Å². The Hall–Kier alpha value is -11.9. The third-order valence-electron chi connectivity index (χ3n) is 18.7. The highest BCUT2D eigenvalue weighted by Crippen LogP contribution is 2.36. The molecule has 0 saturated carbocycles. The van der Waals surface area contributed by atoms with Crippen molar-refractivity contribution in [1.29, 1.82) is 0 Å². The van der Waals surface area contributed by atoms with E-state index in [1.54, 1.807) is 76.2 Å². The van der Waals surface area contributed by atoms with Crippen molar-refractivity contribution in [3.05, 3.63) is 210 Å². The lowest BCUT2D eigenvalue weighted by atomic mass is 10.0. The number of nitrogens with one attached hydrogen (secondary N) is 2. The van der Waals surface area contributed by atoms with Crippen molar-refractivity contribution >= 4 is 96.5 Å². The van der Waals surface area contributed by atoms with Gasteiger partial charge in [0.15, 0.2) is 39.4 Å². The van der Waals surface area contributed by atoms with Gasteiger partial charge in [0.1, 0.15) is 42.1 Å². The average molecular weight is 1550 g/mol. The van der Waals surface area contributed by atoms with Crippen LogP contribution in [0.25, 0.3) is 88.8 Å². The Bertz CT molecular complexity index is 5440. The summed E-state index contributed by atoms with van der Waals surface area (Å²) in [4.78, 5) is 103. The number of fused-ring (bicyclic) bond motifs is 5. The molecule has 2 unspecified atom stereocenters. The number of benzene rings is 6. The van der Waals surface area contributed by atoms with Crippen LogP contribution in [0, 0.1) is 0 Å². The number of para-hydroxylation sites is 3. The van der Waals surface area contributed by atoms with E-state index in [9.17, 15) is 19.2 Å². The molecule has 1 amide bonds. The van der Waals surface area contributed by atoms with E-state index >= 15 is 0 Å². The third-order valence-corrected chi connectivity index (χ3v) is 19.0. The standard InChI is InChI=1S/C30H31N7O3.C25H29N3O4.C20H21N3O2.C10H11ClN4O/c1-3-22(34-28-26-29(32-17-31-28)37(18-33-26)24-11-7-8-16-40-24)27-35-23-10-6-5-9-21(23)25(36-27)19-12-14-20(15-13-19)30(38)39-4-2;1-6-19(27-24(30)32-25(3,4)5)22-26-20-11-9-8-10-18(20)21(28-22)16-12-14-17(15-13-16)23(29)31-7-2;1-3-16(21)19-22-17-8-6-5-7-15(17)18(23-19)13-9-11-14(12-10-13)20(24)25-4-2;11-9-8-10(13-5-12-9)15(6-14-8)7-3-1-2-4-16-7/h5-6,9-10,12-15,17-18,22,24H,3-4,7-8,11,16H2,1-2H3,(H,31,32,34);8-15,19H,6-7H2,1-5H3,(H,27,30);5-12,16H,3-4,21H2,1-2H3;5-7H,1-4H2/t22-,24?;19-;16-;/m000./s1. The number of ether oxygens (including phenoxy) is 6. The maximum absolute atomic E-state index is 12.3. The maximum Gasteiger partial charge on any atom is 0.408 e. The van der Waals surface area contributed by atoms with Gasteiger partial charge in [0.05, 0.1) is 101 Å². The highest BCUT2D eigenvalue weighted by atomic mass is 35.5. The lowest BCUT2D eigenvalue weighted by Crippen LogP contribution is -2.35. The molecule has 0 radical (unpaired) electrons. The van der Waals surface area contributed by atoms with Gasteiger partial charge in [-0.15, -0.1) is 0 Å². The highest BCUT2D eigenvalue weighted by molar-refractivity contribution is 6.33. The van der Waals surface area contributed by atoms with Crippen LogP contribution < -0.4 is 16.4 Å². The fourth-order valence-electron chi connectivity index (χ4n) is 12.9. The number of alkyl carbamates (subject to hydrolysis) is 1. The first-order valence-electron chi connectivity index (χ1n) is 38.3. The topological polar surface area (TPSA) is 338 Å². The number of hydrogen-bond donors (Lipinski definition) is 3. The summed E-state index contributed by atoms with van der Waals surface area (Å²) in [7, 11) is 0. The van der Waals surface area contributed by atoms with Crippen molar-refractivity contribution in [3.8, 4) is 33.8 Å². The van der Waals surface area contributed by atoms with Gasteiger partial charge in [0.25, 0.3) is 0 Å². The van der Waals surface area contributed by atoms with Crippen molar-refractivity contribution in [2.45, 2.75) is 156 Å². The van der Waals surface area contributed by atoms with Crippen LogP contribution in [0.15, 0.2) is 171 Å². The normalized spacial score (nSPS) is 14.9. The number of hydrogen-bond acceptors (Lipinski definition) is 24. The Labute approximate surface area is 659 Å². The first kappa shape index (κ1) is 80.6. The van der Waals surface area contributed by atoms with E-state index in [0.29, 0.717) is 82.4 Å². The van der Waals surface area contributed by atoms with Crippen LogP contribution in [0.4, 0.5) is 10.6 Å². The van der Waals surface area contributed by atoms with Gasteiger partial charge in [-0.1, -0.05) is 123 Å². The van der Waals surface area contributed by atoms with E-state index in [0.717, 1.165) is 136 Å². The first-order valence-corrected chi connectivity index (χ1v) is 38.6. The Balaban J connectivity index is 0.000000146. The number of nitrogens with two attached hydrogens (primary N) is 1. The summed E-state index contributed by atoms with van der Waals surface area (Å²) in [6.07, 6.45) is 14.5. The van der Waals surface area contributed by atoms with Crippen LogP contribution >= 0.6 is 11.6 Å². The average Bonchev–Trinajstić information content (AvgIpc) is 1.78. The molecular formula is C85H92ClN17O10. The molecule has 2 aliphatic rings. The summed E-state index contributed by atoms with van der Waals surface area (Å²) in [5, 5.41) is 9.56. The van der Waals surface area contributed by atoms with E-state index in [1.807, 2.05) is 153 Å². The molecule has 2 fully saturated rings. The van der Waals surface area contributed by atoms with Crippen LogP contribution in [0.2, 0.25) is 5.15 Å². The summed E-state index contributed by atoms with van der Waals surface area (Å²) in [5.41, 5.74) is 17.3. The molecule has 15 rings (SSSR count). The molecule has 2 saturated heterocycles. The predicted octanol–water partition coefficient (Wildman–Crippen LogP) is 17.4. The molecule has 6 aromatic carbocycles. The summed E-state index contributed by atoms with van der Waals surface area (Å²) in [6.45, 7) is 19.4. The van der Waals surface area contributed by atoms with Crippen LogP contribution in [0.3, 0.4) is 0 Å². The summed E-state index contributed by atoms with van der Waals surface area (Å²) < 4.78 is 36.2. The number of anilines is 1. The van der Waals surface area contributed by atoms with Crippen molar-refractivity contribution in [2.75, 3.05) is 38.4 Å². The molecule has 113 heavy (non-hydrogen) atoms. The van der Waals surface area contributed by atoms with Crippen LogP contribution in [-0.2, 0) is 28.4 Å². The molecule has 2 aliphatic heterocycles. The summed E-state index contributed by atoms with van der Waals surface area (Å²) in [6, 6.07) is 44.4. The Morgan fingerprint density at radius 2 is 0.885 bits per heavy atom. The van der Waals surface area contributed by atoms with Gasteiger partial charge in [0.2, 0.25) is 0 Å². The molecule has 9 heterocycles. The van der Waals surface area contributed by atoms with E-state index < -0.39 is 17.7 Å². The zero-order valence-corrected chi connectivity index (χ0v) is 65.5. The highest BCUT2D eigenvalue weighted by Gasteiger charge is 2.27. The van der Waals surface area contributed by atoms with Gasteiger partial charge in [0, 0.05) is 46.1 Å². The zero-order valence-electron chi connectivity index (χ0n) is 64.8. The number of rotatable bonds is 20. The number of carbonyl (C=O) groups is 4. The number of halogens is 1. The van der Waals surface area contributed by atoms with Crippen molar-refractivity contribution in [1.82, 2.24) is 74.3 Å². The van der Waals surface area contributed by atoms with Crippen molar-refractivity contribution in [2.24, 2.45) is 5.73 Å². The Morgan fingerprint density at radius 1 is 0.487 bits per heavy atom. The lowest BCUT2D eigenvalue weighted by Gasteiger charge is -2.23. The molecule has 7 aromatic heterocycles. The summed E-state index contributed by atoms with van der Waals surface area (Å²) in [5.74, 6) is 1.38. The van der Waals surface area contributed by atoms with Crippen molar-refractivity contribution in [3.63, 3.8) is 0 Å². The van der Waals surface area contributed by atoms with Crippen molar-refractivity contribution < 1.29 is 47.6 Å². The van der Waals surface area contributed by atoms with Gasteiger partial charge in [-0.05, 0) is 154 Å². The molecule has 28 heteroatoms. The third kappa shape index (κ3) is 19.7. The van der Waals surface area contributed by atoms with E-state index in [2.05, 4.69) is 52.4 Å². The van der Waals surface area contributed by atoms with E-state index in [4.69, 9.17) is 70.7 Å². The zero-order chi connectivity index (χ0) is 79.5. The molecule has 27 nitrogen and oxygen atoms in total. The smallest absolute Gasteiger partial charge is 0.408 e. The van der Waals surface area contributed by atoms with Crippen LogP contribution in [-0.4, -0.2) is 132 Å². The van der Waals surface area contributed by atoms with Gasteiger partial charge in [-0.2, -0.15) is 0 Å². The minimum absolute atomic E-state index is 0.0321. The fourth-order valence-corrected chi connectivity index (χ4v) is 13.1. The number of amides is 1. The lowest BCUT2D eigenvalue weighted by molar-refractivity contribution is -0.0299. The first-order chi connectivity index (χ1) is 54.9. The minimum Gasteiger partial charge on any atom is -0.462 e. The quantitative estimate of drug-likeness (QED) is 0.0362. The Morgan fingerprint density at radius 3 is 1.29 bits per heavy atom. The fraction of sp³-hybridized carbons (Fsp3) is 0.341. The van der Waals surface area contributed by atoms with Gasteiger partial charge in [-0.3, -0.25) is 9.13 Å². The molecule has 0 bridgehead atoms. The maximum atomic E-state index is 12.3.